The Hall–Kier alpha value is -3.34. The summed E-state index contributed by atoms with van der Waals surface area (Å²) in [5.41, 5.74) is 4.95. The van der Waals surface area contributed by atoms with E-state index < -0.39 is 0 Å². The van der Waals surface area contributed by atoms with Crippen LogP contribution in [0.4, 0.5) is 0 Å². The molecule has 0 aliphatic rings. The minimum Gasteiger partial charge on any atom is -0.393 e. The molecule has 0 radical (unpaired) electrons. The van der Waals surface area contributed by atoms with Crippen molar-refractivity contribution in [1.82, 2.24) is 39.5 Å². The van der Waals surface area contributed by atoms with Crippen LogP contribution in [-0.2, 0) is 18.3 Å². The maximum Gasteiger partial charge on any atom is 0.202 e. The smallest absolute Gasteiger partial charge is 0.202 e. The highest BCUT2D eigenvalue weighted by Crippen LogP contribution is 2.25. The fourth-order valence-corrected chi connectivity index (χ4v) is 3.41. The van der Waals surface area contributed by atoms with E-state index in [-0.39, 0.29) is 0 Å². The van der Waals surface area contributed by atoms with Crippen LogP contribution in [0.5, 0.6) is 0 Å². The fourth-order valence-electron chi connectivity index (χ4n) is 3.17. The summed E-state index contributed by atoms with van der Waals surface area (Å²) >= 11 is 1.70. The van der Waals surface area contributed by atoms with E-state index in [4.69, 9.17) is 14.8 Å². The summed E-state index contributed by atoms with van der Waals surface area (Å²) in [6, 6.07) is 3.96. The third-order valence-corrected chi connectivity index (χ3v) is 5.30. The van der Waals surface area contributed by atoms with Crippen molar-refractivity contribution in [3.05, 3.63) is 47.8 Å². The zero-order valence-corrected chi connectivity index (χ0v) is 18.7. The Morgan fingerprint density at radius 3 is 2.87 bits per heavy atom. The molecule has 0 aliphatic carbocycles. The van der Waals surface area contributed by atoms with Crippen LogP contribution >= 0.6 is 11.8 Å². The molecule has 0 bridgehead atoms. The van der Waals surface area contributed by atoms with E-state index in [1.165, 1.54) is 6.33 Å². The number of hydrogen-bond donors (Lipinski definition) is 0. The van der Waals surface area contributed by atoms with Gasteiger partial charge in [-0.05, 0) is 37.3 Å². The number of thioether (sulfide) groups is 1. The predicted molar refractivity (Wildman–Crippen MR) is 120 cm³/mol. The van der Waals surface area contributed by atoms with Gasteiger partial charge in [0.2, 0.25) is 5.84 Å². The van der Waals surface area contributed by atoms with E-state index in [2.05, 4.69) is 32.4 Å². The quantitative estimate of drug-likeness (QED) is 0.188. The number of imidazole rings is 1. The van der Waals surface area contributed by atoms with Gasteiger partial charge in [-0.15, -0.1) is 5.10 Å². The molecule has 0 N–H and O–H groups in total. The third-order valence-electron chi connectivity index (χ3n) is 4.72. The first-order valence-electron chi connectivity index (χ1n) is 9.82. The lowest BCUT2D eigenvalue weighted by Gasteiger charge is -2.11. The second-order valence-electron chi connectivity index (χ2n) is 6.86. The minimum atomic E-state index is 0.506. The zero-order valence-electron chi connectivity index (χ0n) is 17.8. The Morgan fingerprint density at radius 1 is 1.26 bits per heavy atom. The second-order valence-corrected chi connectivity index (χ2v) is 7.84. The molecule has 4 rings (SSSR count). The first-order chi connectivity index (χ1) is 15.1. The summed E-state index contributed by atoms with van der Waals surface area (Å²) in [6.45, 7) is 4.49. The SMILES string of the molecule is CCc1cc(/C(=N/OCCSC)n2cncn2)cnc1-c1nc2cc(C)nnc2n1C. The number of aryl methyl sites for hydroxylation is 3. The molecule has 31 heavy (non-hydrogen) atoms. The van der Waals surface area contributed by atoms with Gasteiger partial charge in [-0.25, -0.2) is 9.97 Å². The monoisotopic (exact) mass is 437 g/mol. The summed E-state index contributed by atoms with van der Waals surface area (Å²) < 4.78 is 3.49. The Morgan fingerprint density at radius 2 is 2.13 bits per heavy atom. The van der Waals surface area contributed by atoms with Crippen molar-refractivity contribution in [2.45, 2.75) is 20.3 Å². The van der Waals surface area contributed by atoms with Crippen molar-refractivity contribution >= 4 is 28.8 Å². The average molecular weight is 438 g/mol. The maximum absolute atomic E-state index is 5.49. The van der Waals surface area contributed by atoms with Crippen LogP contribution in [0.2, 0.25) is 0 Å². The van der Waals surface area contributed by atoms with Crippen molar-refractivity contribution < 1.29 is 4.84 Å². The predicted octanol–water partition coefficient (Wildman–Crippen LogP) is 2.48. The van der Waals surface area contributed by atoms with E-state index >= 15 is 0 Å². The van der Waals surface area contributed by atoms with Crippen LogP contribution in [-0.4, -0.2) is 63.9 Å². The van der Waals surface area contributed by atoms with Gasteiger partial charge < -0.3 is 9.40 Å². The Bertz CT molecular complexity index is 1220. The topological polar surface area (TPSA) is 109 Å². The number of rotatable bonds is 7. The molecule has 0 unspecified atom stereocenters. The van der Waals surface area contributed by atoms with Gasteiger partial charge in [-0.3, -0.25) is 4.98 Å². The summed E-state index contributed by atoms with van der Waals surface area (Å²) in [6.07, 6.45) is 7.59. The van der Waals surface area contributed by atoms with E-state index in [0.29, 0.717) is 12.4 Å². The first kappa shape index (κ1) is 20.9. The van der Waals surface area contributed by atoms with E-state index in [1.54, 1.807) is 29.0 Å². The largest absolute Gasteiger partial charge is 0.393 e. The standard InChI is InChI=1S/C20H23N9OS/c1-5-14-9-15(18(27-30-6-7-31-4)29-12-21-11-23-29)10-22-17(14)20-24-16-8-13(2)25-26-19(16)28(20)3/h8-12H,5-7H2,1-4H3/b27-18-. The number of aromatic nitrogens is 8. The molecule has 0 atom stereocenters. The molecule has 0 amide bonds. The maximum atomic E-state index is 5.49. The molecule has 4 aromatic rings. The van der Waals surface area contributed by atoms with Gasteiger partial charge in [0.05, 0.1) is 5.69 Å². The molecule has 4 aromatic heterocycles. The van der Waals surface area contributed by atoms with Gasteiger partial charge in [0.1, 0.15) is 30.5 Å². The van der Waals surface area contributed by atoms with Crippen LogP contribution in [0.3, 0.4) is 0 Å². The molecular weight excluding hydrogens is 414 g/mol. The molecule has 0 aliphatic heterocycles. The van der Waals surface area contributed by atoms with Crippen LogP contribution in [0, 0.1) is 6.92 Å². The molecule has 160 valence electrons. The van der Waals surface area contributed by atoms with Crippen molar-refractivity contribution in [2.24, 2.45) is 12.2 Å². The third kappa shape index (κ3) is 4.26. The Labute approximate surface area is 183 Å². The minimum absolute atomic E-state index is 0.506. The van der Waals surface area contributed by atoms with Crippen LogP contribution < -0.4 is 0 Å². The molecule has 10 nitrogen and oxygen atoms in total. The van der Waals surface area contributed by atoms with Gasteiger partial charge in [0, 0.05) is 24.6 Å². The van der Waals surface area contributed by atoms with Crippen LogP contribution in [0.25, 0.3) is 22.7 Å². The normalized spacial score (nSPS) is 11.9. The van der Waals surface area contributed by atoms with Gasteiger partial charge in [0.25, 0.3) is 0 Å². The molecule has 4 heterocycles. The molecule has 0 saturated heterocycles. The highest BCUT2D eigenvalue weighted by Gasteiger charge is 2.18. The summed E-state index contributed by atoms with van der Waals surface area (Å²) in [5, 5.41) is 16.9. The lowest BCUT2D eigenvalue weighted by atomic mass is 10.1. The second kappa shape index (κ2) is 9.21. The van der Waals surface area contributed by atoms with E-state index in [1.807, 2.05) is 36.9 Å². The number of hydrogen-bond acceptors (Lipinski definition) is 9. The van der Waals surface area contributed by atoms with E-state index in [9.17, 15) is 0 Å². The molecule has 0 spiro atoms. The van der Waals surface area contributed by atoms with Crippen molar-refractivity contribution in [2.75, 3.05) is 18.6 Å². The van der Waals surface area contributed by atoms with Crippen molar-refractivity contribution in [1.29, 1.82) is 0 Å². The Balaban J connectivity index is 1.76. The zero-order chi connectivity index (χ0) is 21.8. The number of fused-ring (bicyclic) bond motifs is 1. The number of nitrogens with zero attached hydrogens (tertiary/aromatic N) is 9. The average Bonchev–Trinajstić information content (AvgIpc) is 3.41. The molecule has 0 fully saturated rings. The van der Waals surface area contributed by atoms with Gasteiger partial charge in [-0.2, -0.15) is 26.6 Å². The lowest BCUT2D eigenvalue weighted by molar-refractivity contribution is 0.160. The van der Waals surface area contributed by atoms with Crippen LogP contribution in [0.1, 0.15) is 23.7 Å². The molecule has 11 heteroatoms. The molecule has 0 saturated carbocycles. The van der Waals surface area contributed by atoms with Gasteiger partial charge in [-0.1, -0.05) is 12.1 Å². The summed E-state index contributed by atoms with van der Waals surface area (Å²) in [5.74, 6) is 2.12. The van der Waals surface area contributed by atoms with Gasteiger partial charge >= 0.3 is 0 Å². The number of oxime groups is 1. The van der Waals surface area contributed by atoms with Crippen molar-refractivity contribution in [3.63, 3.8) is 0 Å². The summed E-state index contributed by atoms with van der Waals surface area (Å²) in [7, 11) is 1.92. The highest BCUT2D eigenvalue weighted by atomic mass is 32.2. The molecular formula is C20H23N9OS. The lowest BCUT2D eigenvalue weighted by Crippen LogP contribution is -2.16. The fraction of sp³-hybridized carbons (Fsp3) is 0.350. The Kier molecular flexibility index (Phi) is 6.21. The summed E-state index contributed by atoms with van der Waals surface area (Å²) in [4.78, 5) is 19.0. The highest BCUT2D eigenvalue weighted by molar-refractivity contribution is 7.98. The van der Waals surface area contributed by atoms with Gasteiger partial charge in [0.15, 0.2) is 11.5 Å². The van der Waals surface area contributed by atoms with Crippen molar-refractivity contribution in [3.8, 4) is 11.5 Å². The van der Waals surface area contributed by atoms with E-state index in [0.717, 1.165) is 51.7 Å². The van der Waals surface area contributed by atoms with Crippen LogP contribution in [0.15, 0.2) is 36.1 Å². The molecule has 0 aromatic carbocycles. The number of pyridine rings is 1. The first-order valence-corrected chi connectivity index (χ1v) is 11.2.